The van der Waals surface area contributed by atoms with Crippen LogP contribution >= 0.6 is 11.6 Å². The number of benzene rings is 1. The number of fused-ring (bicyclic) bond motifs is 1. The van der Waals surface area contributed by atoms with Gasteiger partial charge in [0.25, 0.3) is 0 Å². The number of carbonyl (C=O) groups excluding carboxylic acids is 1. The van der Waals surface area contributed by atoms with E-state index in [1.807, 2.05) is 23.9 Å². The van der Waals surface area contributed by atoms with E-state index in [1.54, 1.807) is 22.9 Å². The Balaban J connectivity index is 2.10. The van der Waals surface area contributed by atoms with Crippen LogP contribution in [0.3, 0.4) is 0 Å². The van der Waals surface area contributed by atoms with Gasteiger partial charge in [0.15, 0.2) is 0 Å². The molecule has 3 aromatic rings. The number of esters is 1. The number of hydrogen-bond acceptors (Lipinski definition) is 4. The highest BCUT2D eigenvalue weighted by Crippen LogP contribution is 2.21. The average molecular weight is 319 g/mol. The maximum Gasteiger partial charge on any atom is 0.337 e. The number of imidazole rings is 1. The molecule has 0 saturated carbocycles. The van der Waals surface area contributed by atoms with Gasteiger partial charge < -0.3 is 9.30 Å². The van der Waals surface area contributed by atoms with Crippen LogP contribution in [0.1, 0.15) is 21.9 Å². The van der Waals surface area contributed by atoms with Crippen LogP contribution in [-0.4, -0.2) is 32.4 Å². The first-order valence-corrected chi connectivity index (χ1v) is 7.28. The van der Waals surface area contributed by atoms with Gasteiger partial charge in [-0.25, -0.2) is 9.78 Å². The number of carbonyl (C=O) groups is 1. The van der Waals surface area contributed by atoms with Crippen LogP contribution in [0.25, 0.3) is 11.0 Å². The Bertz CT molecular complexity index is 837. The number of methoxy groups -OCH3 is 1. The van der Waals surface area contributed by atoms with Gasteiger partial charge in [0.05, 0.1) is 41.8 Å². The number of alkyl halides is 1. The summed E-state index contributed by atoms with van der Waals surface area (Å²) in [6, 6.07) is 7.21. The highest BCUT2D eigenvalue weighted by Gasteiger charge is 2.14. The van der Waals surface area contributed by atoms with Crippen LogP contribution in [0.15, 0.2) is 30.5 Å². The van der Waals surface area contributed by atoms with E-state index >= 15 is 0 Å². The minimum atomic E-state index is -0.375. The molecule has 22 heavy (non-hydrogen) atoms. The van der Waals surface area contributed by atoms with E-state index in [1.165, 1.54) is 7.11 Å². The summed E-state index contributed by atoms with van der Waals surface area (Å²) in [6.07, 6.45) is 1.88. The lowest BCUT2D eigenvalue weighted by atomic mass is 10.2. The highest BCUT2D eigenvalue weighted by molar-refractivity contribution is 6.16. The zero-order chi connectivity index (χ0) is 15.7. The molecule has 0 aliphatic rings. The number of halogens is 1. The van der Waals surface area contributed by atoms with E-state index in [0.29, 0.717) is 12.1 Å². The number of hydrogen-bond donors (Lipinski definition) is 0. The Labute approximate surface area is 132 Å². The van der Waals surface area contributed by atoms with Crippen LogP contribution in [0, 0.1) is 0 Å². The molecule has 2 aromatic heterocycles. The van der Waals surface area contributed by atoms with Gasteiger partial charge in [-0.15, -0.1) is 11.6 Å². The van der Waals surface area contributed by atoms with Gasteiger partial charge in [-0.05, 0) is 24.3 Å². The van der Waals surface area contributed by atoms with Crippen molar-refractivity contribution in [3.05, 3.63) is 47.5 Å². The topological polar surface area (TPSA) is 61.9 Å². The smallest absolute Gasteiger partial charge is 0.337 e. The lowest BCUT2D eigenvalue weighted by Crippen LogP contribution is -2.06. The third kappa shape index (κ3) is 2.57. The fourth-order valence-electron chi connectivity index (χ4n) is 2.41. The Hall–Kier alpha value is -2.34. The Morgan fingerprint density at radius 3 is 2.82 bits per heavy atom. The fourth-order valence-corrected chi connectivity index (χ4v) is 2.61. The molecule has 0 amide bonds. The van der Waals surface area contributed by atoms with Crippen molar-refractivity contribution >= 4 is 28.6 Å². The largest absolute Gasteiger partial charge is 0.465 e. The second-order valence-corrected chi connectivity index (χ2v) is 5.19. The Morgan fingerprint density at radius 2 is 2.18 bits per heavy atom. The fraction of sp³-hybridized carbons (Fsp3) is 0.267. The maximum atomic E-state index is 11.7. The molecule has 0 aliphatic carbocycles. The first-order chi connectivity index (χ1) is 10.6. The first kappa shape index (κ1) is 14.6. The summed E-state index contributed by atoms with van der Waals surface area (Å²) < 4.78 is 8.48. The summed E-state index contributed by atoms with van der Waals surface area (Å²) in [5.41, 5.74) is 3.01. The van der Waals surface area contributed by atoms with Crippen LogP contribution < -0.4 is 0 Å². The van der Waals surface area contributed by atoms with Gasteiger partial charge >= 0.3 is 5.97 Å². The molecular weight excluding hydrogens is 304 g/mol. The number of aryl methyl sites for hydroxylation is 1. The van der Waals surface area contributed by atoms with Gasteiger partial charge in [-0.2, -0.15) is 5.10 Å². The van der Waals surface area contributed by atoms with Gasteiger partial charge in [-0.3, -0.25) is 4.68 Å². The summed E-state index contributed by atoms with van der Waals surface area (Å²) >= 11 is 6.00. The van der Waals surface area contributed by atoms with Crippen molar-refractivity contribution in [1.29, 1.82) is 0 Å². The van der Waals surface area contributed by atoms with Crippen molar-refractivity contribution in [3.8, 4) is 0 Å². The van der Waals surface area contributed by atoms with Crippen molar-refractivity contribution in [2.24, 2.45) is 7.05 Å². The second-order valence-electron chi connectivity index (χ2n) is 4.92. The van der Waals surface area contributed by atoms with Gasteiger partial charge in [0.1, 0.15) is 5.82 Å². The molecule has 0 atom stereocenters. The van der Waals surface area contributed by atoms with Crippen LogP contribution in [-0.2, 0) is 24.2 Å². The van der Waals surface area contributed by atoms with Crippen molar-refractivity contribution in [3.63, 3.8) is 0 Å². The third-order valence-electron chi connectivity index (χ3n) is 3.46. The number of aromatic nitrogens is 4. The zero-order valence-electron chi connectivity index (χ0n) is 12.3. The molecule has 0 fully saturated rings. The molecule has 0 saturated heterocycles. The molecule has 3 rings (SSSR count). The van der Waals surface area contributed by atoms with Crippen molar-refractivity contribution < 1.29 is 9.53 Å². The Kier molecular flexibility index (Phi) is 3.85. The normalized spacial score (nSPS) is 11.0. The molecule has 0 aliphatic heterocycles. The van der Waals surface area contributed by atoms with Gasteiger partial charge in [-0.1, -0.05) is 0 Å². The van der Waals surface area contributed by atoms with Crippen molar-refractivity contribution in [2.75, 3.05) is 7.11 Å². The van der Waals surface area contributed by atoms with E-state index < -0.39 is 0 Å². The lowest BCUT2D eigenvalue weighted by molar-refractivity contribution is 0.0601. The van der Waals surface area contributed by atoms with Gasteiger partial charge in [0, 0.05) is 13.2 Å². The van der Waals surface area contributed by atoms with E-state index in [4.69, 9.17) is 16.3 Å². The molecular formula is C15H15ClN4O2. The molecule has 0 radical (unpaired) electrons. The third-order valence-corrected chi connectivity index (χ3v) is 3.70. The molecule has 0 N–H and O–H groups in total. The summed E-state index contributed by atoms with van der Waals surface area (Å²) in [5, 5.41) is 4.37. The molecule has 0 spiro atoms. The molecule has 2 heterocycles. The summed E-state index contributed by atoms with van der Waals surface area (Å²) in [4.78, 5) is 16.2. The molecule has 0 bridgehead atoms. The lowest BCUT2D eigenvalue weighted by Gasteiger charge is -2.06. The summed E-state index contributed by atoms with van der Waals surface area (Å²) in [6.45, 7) is 0.546. The molecule has 6 nitrogen and oxygen atoms in total. The predicted molar refractivity (Wildman–Crippen MR) is 82.9 cm³/mol. The first-order valence-electron chi connectivity index (χ1n) is 6.74. The minimum Gasteiger partial charge on any atom is -0.465 e. The monoisotopic (exact) mass is 318 g/mol. The predicted octanol–water partition coefficient (Wildman–Crippen LogP) is 2.34. The molecule has 0 unspecified atom stereocenters. The zero-order valence-corrected chi connectivity index (χ0v) is 13.0. The van der Waals surface area contributed by atoms with E-state index in [2.05, 4.69) is 10.1 Å². The van der Waals surface area contributed by atoms with Crippen LogP contribution in [0.2, 0.25) is 0 Å². The van der Waals surface area contributed by atoms with E-state index in [9.17, 15) is 4.79 Å². The Morgan fingerprint density at radius 1 is 1.36 bits per heavy atom. The average Bonchev–Trinajstić information content (AvgIpc) is 3.10. The minimum absolute atomic E-state index is 0.287. The SMILES string of the molecule is COC(=O)c1ccc2nc(CCl)n(Cc3ccn(C)n3)c2c1. The number of ether oxygens (including phenoxy) is 1. The van der Waals surface area contributed by atoms with Crippen LogP contribution in [0.4, 0.5) is 0 Å². The second kappa shape index (κ2) is 5.81. The summed E-state index contributed by atoms with van der Waals surface area (Å²) in [5.74, 6) is 0.652. The summed E-state index contributed by atoms with van der Waals surface area (Å²) in [7, 11) is 3.23. The molecule has 7 heteroatoms. The highest BCUT2D eigenvalue weighted by atomic mass is 35.5. The number of nitrogens with zero attached hydrogens (tertiary/aromatic N) is 4. The molecule has 114 valence electrons. The molecule has 1 aromatic carbocycles. The van der Waals surface area contributed by atoms with E-state index in [0.717, 1.165) is 22.6 Å². The van der Waals surface area contributed by atoms with Crippen molar-refractivity contribution in [2.45, 2.75) is 12.4 Å². The quantitative estimate of drug-likeness (QED) is 0.547. The van der Waals surface area contributed by atoms with Crippen LogP contribution in [0.5, 0.6) is 0 Å². The standard InChI is InChI=1S/C15H15ClN4O2/c1-19-6-5-11(18-19)9-20-13-7-10(15(21)22-2)3-4-12(13)17-14(20)8-16/h3-7H,8-9H2,1-2H3. The van der Waals surface area contributed by atoms with Gasteiger partial charge in [0.2, 0.25) is 0 Å². The van der Waals surface area contributed by atoms with Crippen molar-refractivity contribution in [1.82, 2.24) is 19.3 Å². The number of rotatable bonds is 4. The van der Waals surface area contributed by atoms with E-state index in [-0.39, 0.29) is 11.8 Å². The maximum absolute atomic E-state index is 11.7.